The van der Waals surface area contributed by atoms with Crippen molar-refractivity contribution in [3.05, 3.63) is 28.5 Å². The summed E-state index contributed by atoms with van der Waals surface area (Å²) in [4.78, 5) is 9.48. The van der Waals surface area contributed by atoms with Gasteiger partial charge in [-0.3, -0.25) is 6.08 Å². The van der Waals surface area contributed by atoms with Crippen LogP contribution in [0.3, 0.4) is 0 Å². The van der Waals surface area contributed by atoms with Crippen LogP contribution in [-0.4, -0.2) is 15.4 Å². The first-order valence-electron chi connectivity index (χ1n) is 6.07. The fourth-order valence-corrected chi connectivity index (χ4v) is 1.16. The first-order valence-corrected chi connectivity index (χ1v) is 8.38. The molecule has 0 aromatic carbocycles. The van der Waals surface area contributed by atoms with Crippen LogP contribution in [-0.2, 0) is 31.0 Å². The summed E-state index contributed by atoms with van der Waals surface area (Å²) in [6.45, 7) is 14.7. The summed E-state index contributed by atoms with van der Waals surface area (Å²) < 4.78 is 0. The second-order valence-electron chi connectivity index (χ2n) is 4.15. The van der Waals surface area contributed by atoms with Crippen molar-refractivity contribution in [3.8, 4) is 0 Å². The summed E-state index contributed by atoms with van der Waals surface area (Å²) >= 11 is 0. The zero-order valence-electron chi connectivity index (χ0n) is 13.5. The minimum absolute atomic E-state index is 0. The van der Waals surface area contributed by atoms with Crippen molar-refractivity contribution in [2.45, 2.75) is 54.1 Å². The first-order chi connectivity index (χ1) is 7.81. The van der Waals surface area contributed by atoms with Crippen molar-refractivity contribution in [2.75, 3.05) is 0 Å². The minimum atomic E-state index is -0.495. The Morgan fingerprint density at radius 3 is 1.60 bits per heavy atom. The zero-order chi connectivity index (χ0) is 14.0. The largest absolute Gasteiger partial charge is 4.00 e. The van der Waals surface area contributed by atoms with Gasteiger partial charge in [0.1, 0.15) is 0 Å². The van der Waals surface area contributed by atoms with Gasteiger partial charge in [-0.05, 0) is 6.42 Å². The van der Waals surface area contributed by atoms with Crippen LogP contribution in [0.15, 0.2) is 16.7 Å². The van der Waals surface area contributed by atoms with E-state index >= 15 is 0 Å². The normalized spacial score (nSPS) is 14.9. The van der Waals surface area contributed by atoms with Gasteiger partial charge in [0, 0.05) is 15.4 Å². The molecule has 0 saturated carbocycles. The van der Waals surface area contributed by atoms with Gasteiger partial charge in [0.15, 0.2) is 0 Å². The van der Waals surface area contributed by atoms with Gasteiger partial charge in [0.05, 0.1) is 0 Å². The van der Waals surface area contributed by atoms with Gasteiger partial charge in [0.25, 0.3) is 0 Å². The molecule has 1 radical (unpaired) electrons. The maximum Gasteiger partial charge on any atom is 4.00 e. The van der Waals surface area contributed by atoms with E-state index in [1.807, 2.05) is 0 Å². The standard InChI is InChI=1S/C9H13.C3H7NO.C2H7Si.2ClH.Zr/c1-6-5-7(2)9(4)8(6)3;1-2-3(4)5;1-3-2;;;/h6H,1-4H3;2H2,1H3,(H2,4,5);3H,1-2H3;2*1H;/q-1;;;;;+4/p-3. The molecule has 0 aromatic heterocycles. The van der Waals surface area contributed by atoms with E-state index in [0.717, 1.165) is 9.52 Å². The number of nitrogens with one attached hydrogen (secondary N) is 1. The Hall–Kier alpha value is 0.630. The molecule has 115 valence electrons. The Morgan fingerprint density at radius 2 is 1.55 bits per heavy atom. The van der Waals surface area contributed by atoms with E-state index in [1.165, 1.54) is 16.7 Å². The van der Waals surface area contributed by atoms with Crippen molar-refractivity contribution in [2.24, 2.45) is 5.92 Å². The van der Waals surface area contributed by atoms with Crippen LogP contribution in [0.4, 0.5) is 0 Å². The molecule has 6 heteroatoms. The molecular weight excluding hydrogens is 388 g/mol. The van der Waals surface area contributed by atoms with E-state index in [2.05, 4.69) is 46.9 Å². The molecule has 2 nitrogen and oxygen atoms in total. The van der Waals surface area contributed by atoms with E-state index in [1.54, 1.807) is 6.92 Å². The van der Waals surface area contributed by atoms with Crippen LogP contribution in [0, 0.1) is 12.0 Å². The molecule has 0 bridgehead atoms. The Morgan fingerprint density at radius 1 is 1.25 bits per heavy atom. The summed E-state index contributed by atoms with van der Waals surface area (Å²) in [5.74, 6) is 0.0648. The van der Waals surface area contributed by atoms with Gasteiger partial charge >= 0.3 is 26.2 Å². The third kappa shape index (κ3) is 16.7. The number of hydrogen-bond donors (Lipinski definition) is 0. The van der Waals surface area contributed by atoms with Crippen molar-refractivity contribution in [3.63, 3.8) is 0 Å². The van der Waals surface area contributed by atoms with Crippen molar-refractivity contribution in [1.82, 2.24) is 0 Å². The van der Waals surface area contributed by atoms with Gasteiger partial charge in [-0.1, -0.05) is 46.7 Å². The summed E-state index contributed by atoms with van der Waals surface area (Å²) in [5, 5.41) is 0. The molecule has 0 heterocycles. The number of amides is 1. The number of allylic oxidation sites excluding steroid dienone is 4. The number of hydrogen-bond acceptors (Lipinski definition) is 1. The average Bonchev–Trinajstić information content (AvgIpc) is 2.48. The van der Waals surface area contributed by atoms with E-state index in [0.29, 0.717) is 12.3 Å². The van der Waals surface area contributed by atoms with Gasteiger partial charge in [-0.15, -0.1) is 6.92 Å². The smallest absolute Gasteiger partial charge is 1.00 e. The van der Waals surface area contributed by atoms with Gasteiger partial charge in [-0.25, -0.2) is 5.57 Å². The fourth-order valence-electron chi connectivity index (χ4n) is 1.16. The van der Waals surface area contributed by atoms with Crippen LogP contribution >= 0.6 is 0 Å². The zero-order valence-corrected chi connectivity index (χ0v) is 18.7. The monoisotopic (exact) mass is 412 g/mol. The van der Waals surface area contributed by atoms with Gasteiger partial charge in [-0.2, -0.15) is 11.1 Å². The molecule has 1 rings (SSSR count). The fraction of sp³-hybridized carbons (Fsp3) is 0.643. The molecule has 1 N–H and O–H groups in total. The summed E-state index contributed by atoms with van der Waals surface area (Å²) in [6, 6.07) is 0. The number of halogens is 2. The molecule has 1 atom stereocenters. The molecule has 20 heavy (non-hydrogen) atoms. The topological polar surface area (TPSA) is 40.9 Å². The molecule has 1 aliphatic rings. The predicted molar refractivity (Wildman–Crippen MR) is 78.5 cm³/mol. The molecule has 0 aromatic rings. The summed E-state index contributed by atoms with van der Waals surface area (Å²) in [6.07, 6.45) is 3.69. The second-order valence-corrected chi connectivity index (χ2v) is 5.31. The Kier molecular flexibility index (Phi) is 31.9. The molecule has 1 unspecified atom stereocenters. The Bertz CT molecular complexity index is 308. The molecular formula is C14H26Cl2NOSiZr. The minimum Gasteiger partial charge on any atom is -1.00 e. The number of carbonyl (C=O) groups excluding carboxylic acids is 1. The number of carbonyl (C=O) groups is 1. The summed E-state index contributed by atoms with van der Waals surface area (Å²) in [7, 11) is 0.750. The van der Waals surface area contributed by atoms with Crippen molar-refractivity contribution >= 4 is 15.4 Å². The third-order valence-corrected chi connectivity index (χ3v) is 2.56. The number of rotatable bonds is 1. The van der Waals surface area contributed by atoms with E-state index in [4.69, 9.17) is 5.73 Å². The van der Waals surface area contributed by atoms with E-state index < -0.39 is 5.91 Å². The maximum absolute atomic E-state index is 9.48. The maximum atomic E-state index is 9.48. The molecule has 0 aliphatic heterocycles. The van der Waals surface area contributed by atoms with Crippen molar-refractivity contribution in [1.29, 1.82) is 0 Å². The first kappa shape index (κ1) is 32.5. The van der Waals surface area contributed by atoms with Crippen LogP contribution in [0.2, 0.25) is 13.1 Å². The Labute approximate surface area is 159 Å². The SMILES string of the molecule is CC1=[C-]C(C)C(C)=C1C.CCC([NH-])=O.C[SiH]C.[Cl-].[Cl-].[Zr+4]. The predicted octanol–water partition coefficient (Wildman–Crippen LogP) is -1.78. The van der Waals surface area contributed by atoms with Gasteiger partial charge in [0.2, 0.25) is 0 Å². The average molecular weight is 415 g/mol. The van der Waals surface area contributed by atoms with E-state index in [-0.39, 0.29) is 51.0 Å². The van der Waals surface area contributed by atoms with Gasteiger partial charge < -0.3 is 35.3 Å². The molecule has 0 fully saturated rings. The third-order valence-electron chi connectivity index (χ3n) is 2.56. The summed E-state index contributed by atoms with van der Waals surface area (Å²) in [5.41, 5.74) is 10.4. The van der Waals surface area contributed by atoms with Crippen molar-refractivity contribution < 1.29 is 55.8 Å². The molecule has 1 aliphatic carbocycles. The molecule has 1 amide bonds. The molecule has 0 saturated heterocycles. The van der Waals surface area contributed by atoms with Crippen LogP contribution < -0.4 is 24.8 Å². The van der Waals surface area contributed by atoms with Crippen LogP contribution in [0.25, 0.3) is 5.73 Å². The quantitative estimate of drug-likeness (QED) is 0.370. The Balaban J connectivity index is -0.0000000601. The van der Waals surface area contributed by atoms with Crippen LogP contribution in [0.5, 0.6) is 0 Å². The van der Waals surface area contributed by atoms with E-state index in [9.17, 15) is 4.79 Å². The van der Waals surface area contributed by atoms with Crippen LogP contribution in [0.1, 0.15) is 41.0 Å². The second kappa shape index (κ2) is 19.6. The molecule has 0 spiro atoms.